The van der Waals surface area contributed by atoms with Crippen molar-refractivity contribution in [1.82, 2.24) is 4.98 Å². The maximum atomic E-state index is 11.9. The second-order valence-electron chi connectivity index (χ2n) is 3.60. The largest absolute Gasteiger partial charge is 0.375 e. The van der Waals surface area contributed by atoms with Crippen molar-refractivity contribution in [2.45, 2.75) is 11.3 Å². The van der Waals surface area contributed by atoms with Gasteiger partial charge in [-0.1, -0.05) is 12.1 Å². The molecule has 94 valence electrons. The van der Waals surface area contributed by atoms with Gasteiger partial charge >= 0.3 is 0 Å². The van der Waals surface area contributed by atoms with E-state index in [1.54, 1.807) is 17.1 Å². The van der Waals surface area contributed by atoms with Crippen LogP contribution in [0, 0.1) is 0 Å². The molecule has 0 radical (unpaired) electrons. The number of nitrogen functional groups attached to an aromatic ring is 1. The minimum absolute atomic E-state index is 0.0817. The molecule has 1 aromatic heterocycles. The van der Waals surface area contributed by atoms with Crippen LogP contribution in [0.5, 0.6) is 0 Å². The molecule has 3 N–H and O–H groups in total. The zero-order valence-corrected chi connectivity index (χ0v) is 11.5. The molecule has 1 heterocycles. The SMILES string of the molecule is CSc1ccccc1NC(=O)Cc1csc(N)n1. The Kier molecular flexibility index (Phi) is 4.22. The highest BCUT2D eigenvalue weighted by Crippen LogP contribution is 2.24. The molecule has 2 aromatic rings. The topological polar surface area (TPSA) is 68.0 Å². The van der Waals surface area contributed by atoms with Crippen LogP contribution in [0.1, 0.15) is 5.69 Å². The van der Waals surface area contributed by atoms with Crippen molar-refractivity contribution < 1.29 is 4.79 Å². The molecular formula is C12H13N3OS2. The van der Waals surface area contributed by atoms with Gasteiger partial charge in [0.25, 0.3) is 0 Å². The van der Waals surface area contributed by atoms with Crippen LogP contribution >= 0.6 is 23.1 Å². The first-order chi connectivity index (χ1) is 8.69. The Morgan fingerprint density at radius 1 is 1.50 bits per heavy atom. The maximum Gasteiger partial charge on any atom is 0.230 e. The predicted molar refractivity (Wildman–Crippen MR) is 77.1 cm³/mol. The molecule has 0 atom stereocenters. The van der Waals surface area contributed by atoms with E-state index in [0.717, 1.165) is 10.6 Å². The minimum atomic E-state index is -0.0817. The number of aromatic nitrogens is 1. The second-order valence-corrected chi connectivity index (χ2v) is 5.34. The molecule has 0 aliphatic heterocycles. The van der Waals surface area contributed by atoms with Gasteiger partial charge in [0.15, 0.2) is 5.13 Å². The standard InChI is InChI=1S/C12H13N3OS2/c1-17-10-5-3-2-4-9(10)15-11(16)6-8-7-18-12(13)14-8/h2-5,7H,6H2,1H3,(H2,13,14)(H,15,16). The van der Waals surface area contributed by atoms with E-state index in [1.807, 2.05) is 30.5 Å². The van der Waals surface area contributed by atoms with Crippen molar-refractivity contribution in [3.05, 3.63) is 35.3 Å². The van der Waals surface area contributed by atoms with E-state index >= 15 is 0 Å². The Balaban J connectivity index is 2.03. The lowest BCUT2D eigenvalue weighted by atomic mass is 10.3. The Bertz CT molecular complexity index is 554. The van der Waals surface area contributed by atoms with Crippen LogP contribution in [0.25, 0.3) is 0 Å². The Morgan fingerprint density at radius 3 is 2.94 bits per heavy atom. The number of benzene rings is 1. The Labute approximate surface area is 114 Å². The zero-order chi connectivity index (χ0) is 13.0. The number of nitrogens with zero attached hydrogens (tertiary/aromatic N) is 1. The summed E-state index contributed by atoms with van der Waals surface area (Å²) >= 11 is 2.94. The van der Waals surface area contributed by atoms with Crippen LogP contribution < -0.4 is 11.1 Å². The molecule has 0 saturated carbocycles. The third-order valence-corrected chi connectivity index (χ3v) is 3.81. The summed E-state index contributed by atoms with van der Waals surface area (Å²) in [6, 6.07) is 7.71. The number of nitrogens with two attached hydrogens (primary N) is 1. The van der Waals surface area contributed by atoms with Crippen LogP contribution in [0.15, 0.2) is 34.5 Å². The molecule has 2 rings (SSSR count). The molecule has 0 bridgehead atoms. The second kappa shape index (κ2) is 5.88. The fourth-order valence-electron chi connectivity index (χ4n) is 1.51. The first-order valence-corrected chi connectivity index (χ1v) is 7.42. The van der Waals surface area contributed by atoms with Crippen molar-refractivity contribution in [2.24, 2.45) is 0 Å². The molecule has 0 aliphatic carbocycles. The van der Waals surface area contributed by atoms with E-state index in [9.17, 15) is 4.79 Å². The van der Waals surface area contributed by atoms with E-state index in [2.05, 4.69) is 10.3 Å². The van der Waals surface area contributed by atoms with Gasteiger partial charge in [0.2, 0.25) is 5.91 Å². The fraction of sp³-hybridized carbons (Fsp3) is 0.167. The highest BCUT2D eigenvalue weighted by atomic mass is 32.2. The monoisotopic (exact) mass is 279 g/mol. The Hall–Kier alpha value is -1.53. The minimum Gasteiger partial charge on any atom is -0.375 e. The molecule has 18 heavy (non-hydrogen) atoms. The number of thioether (sulfide) groups is 1. The zero-order valence-electron chi connectivity index (χ0n) is 9.84. The summed E-state index contributed by atoms with van der Waals surface area (Å²) in [5.41, 5.74) is 7.06. The number of carbonyl (C=O) groups is 1. The average molecular weight is 279 g/mol. The maximum absolute atomic E-state index is 11.9. The summed E-state index contributed by atoms with van der Waals surface area (Å²) < 4.78 is 0. The van der Waals surface area contributed by atoms with Gasteiger partial charge in [-0.2, -0.15) is 0 Å². The van der Waals surface area contributed by atoms with Gasteiger partial charge in [-0.25, -0.2) is 4.98 Å². The molecule has 0 spiro atoms. The number of hydrogen-bond acceptors (Lipinski definition) is 5. The molecule has 6 heteroatoms. The number of thiazole rings is 1. The van der Waals surface area contributed by atoms with Crippen LogP contribution in [-0.4, -0.2) is 17.1 Å². The lowest BCUT2D eigenvalue weighted by Gasteiger charge is -2.08. The van der Waals surface area contributed by atoms with Gasteiger partial charge in [-0.3, -0.25) is 4.79 Å². The summed E-state index contributed by atoms with van der Waals surface area (Å²) in [5.74, 6) is -0.0817. The third-order valence-electron chi connectivity index (χ3n) is 2.29. The number of amides is 1. The fourth-order valence-corrected chi connectivity index (χ4v) is 2.63. The number of anilines is 2. The summed E-state index contributed by atoms with van der Waals surface area (Å²) in [7, 11) is 0. The number of carbonyl (C=O) groups excluding carboxylic acids is 1. The van der Waals surface area contributed by atoms with Crippen molar-refractivity contribution in [3.63, 3.8) is 0 Å². The highest BCUT2D eigenvalue weighted by Gasteiger charge is 2.09. The third kappa shape index (κ3) is 3.24. The molecule has 1 amide bonds. The van der Waals surface area contributed by atoms with Crippen LogP contribution in [0.3, 0.4) is 0 Å². The van der Waals surface area contributed by atoms with Crippen molar-refractivity contribution >= 4 is 39.8 Å². The molecule has 1 aromatic carbocycles. The molecular weight excluding hydrogens is 266 g/mol. The smallest absolute Gasteiger partial charge is 0.230 e. The molecule has 4 nitrogen and oxygen atoms in total. The molecule has 0 aliphatic rings. The quantitative estimate of drug-likeness (QED) is 0.844. The van der Waals surface area contributed by atoms with E-state index in [1.165, 1.54) is 11.3 Å². The number of nitrogens with one attached hydrogen (secondary N) is 1. The predicted octanol–water partition coefficient (Wildman–Crippen LogP) is 2.63. The lowest BCUT2D eigenvalue weighted by Crippen LogP contribution is -2.15. The van der Waals surface area contributed by atoms with E-state index < -0.39 is 0 Å². The molecule has 0 fully saturated rings. The molecule has 0 unspecified atom stereocenters. The average Bonchev–Trinajstić information content (AvgIpc) is 2.75. The Morgan fingerprint density at radius 2 is 2.28 bits per heavy atom. The first-order valence-electron chi connectivity index (χ1n) is 5.32. The lowest BCUT2D eigenvalue weighted by molar-refractivity contribution is -0.115. The van der Waals surface area contributed by atoms with Crippen molar-refractivity contribution in [3.8, 4) is 0 Å². The summed E-state index contributed by atoms with van der Waals surface area (Å²) in [5, 5.41) is 5.17. The number of para-hydroxylation sites is 1. The van der Waals surface area contributed by atoms with Crippen LogP contribution in [0.4, 0.5) is 10.8 Å². The molecule has 0 saturated heterocycles. The van der Waals surface area contributed by atoms with Crippen molar-refractivity contribution in [1.29, 1.82) is 0 Å². The summed E-state index contributed by atoms with van der Waals surface area (Å²) in [6.07, 6.45) is 2.22. The van der Waals surface area contributed by atoms with Gasteiger partial charge in [-0.15, -0.1) is 23.1 Å². The van der Waals surface area contributed by atoms with Crippen molar-refractivity contribution in [2.75, 3.05) is 17.3 Å². The first kappa shape index (κ1) is 12.9. The van der Waals surface area contributed by atoms with Gasteiger partial charge in [0.1, 0.15) is 0 Å². The van der Waals surface area contributed by atoms with Crippen LogP contribution in [0.2, 0.25) is 0 Å². The van der Waals surface area contributed by atoms with E-state index in [-0.39, 0.29) is 12.3 Å². The number of hydrogen-bond donors (Lipinski definition) is 2. The van der Waals surface area contributed by atoms with E-state index in [0.29, 0.717) is 10.8 Å². The normalized spacial score (nSPS) is 10.3. The van der Waals surface area contributed by atoms with Gasteiger partial charge in [0, 0.05) is 10.3 Å². The van der Waals surface area contributed by atoms with Crippen LogP contribution in [-0.2, 0) is 11.2 Å². The van der Waals surface area contributed by atoms with E-state index in [4.69, 9.17) is 5.73 Å². The summed E-state index contributed by atoms with van der Waals surface area (Å²) in [4.78, 5) is 17.0. The van der Waals surface area contributed by atoms with Gasteiger partial charge in [-0.05, 0) is 18.4 Å². The summed E-state index contributed by atoms with van der Waals surface area (Å²) in [6.45, 7) is 0. The highest BCUT2D eigenvalue weighted by molar-refractivity contribution is 7.98. The van der Waals surface area contributed by atoms with Gasteiger partial charge in [0.05, 0.1) is 17.8 Å². The van der Waals surface area contributed by atoms with Gasteiger partial charge < -0.3 is 11.1 Å². The number of rotatable bonds is 4.